The summed E-state index contributed by atoms with van der Waals surface area (Å²) in [6, 6.07) is 10.5. The molecule has 0 N–H and O–H groups in total. The van der Waals surface area contributed by atoms with Gasteiger partial charge < -0.3 is 0 Å². The average molecular weight is 373 g/mol. The summed E-state index contributed by atoms with van der Waals surface area (Å²) >= 11 is 0. The molecule has 4 heterocycles. The maximum absolute atomic E-state index is 14.4. The Morgan fingerprint density at radius 2 is 1.86 bits per heavy atom. The van der Waals surface area contributed by atoms with E-state index in [1.165, 1.54) is 0 Å². The molecule has 0 atom stereocenters. The molecule has 28 heavy (non-hydrogen) atoms. The predicted molar refractivity (Wildman–Crippen MR) is 102 cm³/mol. The van der Waals surface area contributed by atoms with Gasteiger partial charge in [-0.3, -0.25) is 4.98 Å². The van der Waals surface area contributed by atoms with Crippen LogP contribution in [0.25, 0.3) is 38.9 Å². The summed E-state index contributed by atoms with van der Waals surface area (Å²) in [5.74, 6) is -1.09. The highest BCUT2D eigenvalue weighted by molar-refractivity contribution is 5.91. The van der Waals surface area contributed by atoms with Gasteiger partial charge in [-0.25, -0.2) is 23.4 Å². The molecule has 0 radical (unpaired) electrons. The molecule has 5 aromatic rings. The second-order valence-electron chi connectivity index (χ2n) is 6.42. The van der Waals surface area contributed by atoms with E-state index in [9.17, 15) is 8.78 Å². The Morgan fingerprint density at radius 3 is 2.75 bits per heavy atom. The lowest BCUT2D eigenvalue weighted by atomic mass is 10.1. The normalized spacial score (nSPS) is 11.4. The number of rotatable bonds is 2. The smallest absolute Gasteiger partial charge is 0.161 e. The molecule has 4 aromatic heterocycles. The zero-order valence-corrected chi connectivity index (χ0v) is 14.8. The highest BCUT2D eigenvalue weighted by Gasteiger charge is 2.16. The van der Waals surface area contributed by atoms with E-state index in [2.05, 4.69) is 20.1 Å². The molecular formula is C21H13F2N5. The van der Waals surface area contributed by atoms with Gasteiger partial charge in [-0.15, -0.1) is 0 Å². The molecule has 0 amide bonds. The van der Waals surface area contributed by atoms with Crippen molar-refractivity contribution in [3.63, 3.8) is 0 Å². The third-order valence-corrected chi connectivity index (χ3v) is 4.66. The molecule has 0 fully saturated rings. The van der Waals surface area contributed by atoms with Crippen molar-refractivity contribution < 1.29 is 8.78 Å². The van der Waals surface area contributed by atoms with Crippen LogP contribution in [-0.2, 0) is 0 Å². The molecule has 0 aliphatic rings. The largest absolute Gasteiger partial charge is 0.264 e. The highest BCUT2D eigenvalue weighted by atomic mass is 19.1. The molecule has 5 rings (SSSR count). The van der Waals surface area contributed by atoms with Crippen molar-refractivity contribution in [2.24, 2.45) is 0 Å². The van der Waals surface area contributed by atoms with Gasteiger partial charge in [0, 0.05) is 34.9 Å². The number of nitrogens with zero attached hydrogens (tertiary/aromatic N) is 5. The van der Waals surface area contributed by atoms with Crippen molar-refractivity contribution in [2.45, 2.75) is 6.92 Å². The van der Waals surface area contributed by atoms with E-state index in [0.717, 1.165) is 40.2 Å². The zero-order valence-electron chi connectivity index (χ0n) is 14.8. The van der Waals surface area contributed by atoms with Crippen LogP contribution >= 0.6 is 0 Å². The Labute approximate surface area is 158 Å². The summed E-state index contributed by atoms with van der Waals surface area (Å²) in [4.78, 5) is 12.9. The monoisotopic (exact) mass is 373 g/mol. The third-order valence-electron chi connectivity index (χ3n) is 4.66. The van der Waals surface area contributed by atoms with E-state index in [0.29, 0.717) is 11.3 Å². The van der Waals surface area contributed by atoms with Crippen molar-refractivity contribution in [1.82, 2.24) is 24.7 Å². The van der Waals surface area contributed by atoms with Crippen molar-refractivity contribution in [2.75, 3.05) is 0 Å². The minimum Gasteiger partial charge on any atom is -0.264 e. The molecule has 136 valence electrons. The molecule has 5 nitrogen and oxygen atoms in total. The molecule has 0 spiro atoms. The fraction of sp³-hybridized carbons (Fsp3) is 0.0476. The van der Waals surface area contributed by atoms with Crippen LogP contribution in [0, 0.1) is 18.6 Å². The van der Waals surface area contributed by atoms with E-state index in [4.69, 9.17) is 0 Å². The number of fused-ring (bicyclic) bond motifs is 2. The lowest BCUT2D eigenvalue weighted by Gasteiger charge is -2.11. The van der Waals surface area contributed by atoms with E-state index >= 15 is 0 Å². The Morgan fingerprint density at radius 1 is 0.964 bits per heavy atom. The SMILES string of the molecule is Cc1nn(-c2cc(-c3cc(F)ccc3F)nc3ncccc23)c2ccncc12. The first kappa shape index (κ1) is 16.4. The van der Waals surface area contributed by atoms with Crippen LogP contribution < -0.4 is 0 Å². The standard InChI is InChI=1S/C21H13F2N5/c1-12-16-11-24-8-6-19(16)28(27-12)20-10-18(15-9-13(22)4-5-17(15)23)26-21-14(20)3-2-7-25-21/h2-11H,1H3. The summed E-state index contributed by atoms with van der Waals surface area (Å²) in [5.41, 5.74) is 3.14. The predicted octanol–water partition coefficient (Wildman–Crippen LogP) is 4.62. The summed E-state index contributed by atoms with van der Waals surface area (Å²) in [6.07, 6.45) is 5.05. The fourth-order valence-electron chi connectivity index (χ4n) is 3.34. The van der Waals surface area contributed by atoms with Crippen molar-refractivity contribution >= 4 is 21.9 Å². The van der Waals surface area contributed by atoms with Gasteiger partial charge >= 0.3 is 0 Å². The number of pyridine rings is 3. The molecule has 0 saturated carbocycles. The minimum atomic E-state index is -0.555. The van der Waals surface area contributed by atoms with Gasteiger partial charge in [0.15, 0.2) is 5.65 Å². The maximum atomic E-state index is 14.4. The van der Waals surface area contributed by atoms with Crippen LogP contribution in [0.4, 0.5) is 8.78 Å². The number of aryl methyl sites for hydroxylation is 1. The Balaban J connectivity index is 1.87. The first-order valence-electron chi connectivity index (χ1n) is 8.63. The lowest BCUT2D eigenvalue weighted by molar-refractivity contribution is 0.602. The van der Waals surface area contributed by atoms with E-state index in [-0.39, 0.29) is 11.3 Å². The molecule has 0 aliphatic heterocycles. The van der Waals surface area contributed by atoms with Crippen LogP contribution in [0.5, 0.6) is 0 Å². The van der Waals surface area contributed by atoms with Crippen molar-refractivity contribution in [1.29, 1.82) is 0 Å². The van der Waals surface area contributed by atoms with Gasteiger partial charge in [0.1, 0.15) is 11.6 Å². The Hall–Kier alpha value is -3.74. The van der Waals surface area contributed by atoms with Crippen LogP contribution in [-0.4, -0.2) is 24.7 Å². The van der Waals surface area contributed by atoms with Gasteiger partial charge in [0.25, 0.3) is 0 Å². The summed E-state index contributed by atoms with van der Waals surface area (Å²) in [5, 5.41) is 6.30. The maximum Gasteiger partial charge on any atom is 0.161 e. The van der Waals surface area contributed by atoms with Crippen LogP contribution in [0.1, 0.15) is 5.69 Å². The second kappa shape index (κ2) is 6.16. The molecular weight excluding hydrogens is 360 g/mol. The lowest BCUT2D eigenvalue weighted by Crippen LogP contribution is -2.02. The molecule has 0 unspecified atom stereocenters. The minimum absolute atomic E-state index is 0.0728. The first-order valence-corrected chi connectivity index (χ1v) is 8.63. The number of aromatic nitrogens is 5. The molecule has 0 saturated heterocycles. The van der Waals surface area contributed by atoms with E-state index < -0.39 is 11.6 Å². The Kier molecular flexibility index (Phi) is 3.61. The first-order chi connectivity index (χ1) is 13.6. The third kappa shape index (κ3) is 2.51. The van der Waals surface area contributed by atoms with Crippen LogP contribution in [0.15, 0.2) is 61.1 Å². The number of hydrogen-bond donors (Lipinski definition) is 0. The van der Waals surface area contributed by atoms with Gasteiger partial charge in [-0.05, 0) is 49.4 Å². The van der Waals surface area contributed by atoms with Gasteiger partial charge in [0.2, 0.25) is 0 Å². The zero-order chi connectivity index (χ0) is 19.3. The summed E-state index contributed by atoms with van der Waals surface area (Å²) in [7, 11) is 0. The van der Waals surface area contributed by atoms with Crippen molar-refractivity contribution in [3.8, 4) is 16.9 Å². The van der Waals surface area contributed by atoms with E-state index in [1.807, 2.05) is 19.1 Å². The molecule has 0 bridgehead atoms. The van der Waals surface area contributed by atoms with Crippen molar-refractivity contribution in [3.05, 3.63) is 78.4 Å². The van der Waals surface area contributed by atoms with Crippen LogP contribution in [0.2, 0.25) is 0 Å². The molecule has 7 heteroatoms. The quantitative estimate of drug-likeness (QED) is 0.453. The van der Waals surface area contributed by atoms with Gasteiger partial charge in [0.05, 0.1) is 22.6 Å². The average Bonchev–Trinajstić information content (AvgIpc) is 3.06. The van der Waals surface area contributed by atoms with Gasteiger partial charge in [-0.1, -0.05) is 0 Å². The molecule has 1 aromatic carbocycles. The van der Waals surface area contributed by atoms with Crippen LogP contribution in [0.3, 0.4) is 0 Å². The summed E-state index contributed by atoms with van der Waals surface area (Å²) in [6.45, 7) is 1.90. The fourth-order valence-corrected chi connectivity index (χ4v) is 3.34. The van der Waals surface area contributed by atoms with Gasteiger partial charge in [-0.2, -0.15) is 5.10 Å². The second-order valence-corrected chi connectivity index (χ2v) is 6.42. The Bertz CT molecular complexity index is 1360. The number of halogens is 2. The topological polar surface area (TPSA) is 56.5 Å². The number of benzene rings is 1. The highest BCUT2D eigenvalue weighted by Crippen LogP contribution is 2.30. The molecule has 0 aliphatic carbocycles. The number of hydrogen-bond acceptors (Lipinski definition) is 4. The summed E-state index contributed by atoms with van der Waals surface area (Å²) < 4.78 is 29.9. The van der Waals surface area contributed by atoms with E-state index in [1.54, 1.807) is 35.4 Å².